The number of methoxy groups -OCH3 is 2. The predicted molar refractivity (Wildman–Crippen MR) is 100.0 cm³/mol. The molecule has 140 valence electrons. The van der Waals surface area contributed by atoms with Crippen LogP contribution in [0.2, 0.25) is 0 Å². The molecule has 2 heterocycles. The molecule has 26 heavy (non-hydrogen) atoms. The van der Waals surface area contributed by atoms with Gasteiger partial charge in [-0.05, 0) is 31.0 Å². The van der Waals surface area contributed by atoms with Gasteiger partial charge in [0.05, 0.1) is 20.8 Å². The quantitative estimate of drug-likeness (QED) is 0.839. The van der Waals surface area contributed by atoms with Gasteiger partial charge >= 0.3 is 6.03 Å². The Kier molecular flexibility index (Phi) is 5.92. The number of rotatable bonds is 6. The highest BCUT2D eigenvalue weighted by atomic mass is 32.1. The number of amides is 2. The summed E-state index contributed by atoms with van der Waals surface area (Å²) in [6, 6.07) is 5.73. The number of urea groups is 1. The lowest BCUT2D eigenvalue weighted by Crippen LogP contribution is -2.37. The Hall–Kier alpha value is -2.35. The molecule has 1 N–H and O–H groups in total. The lowest BCUT2D eigenvalue weighted by Gasteiger charge is -2.18. The fourth-order valence-electron chi connectivity index (χ4n) is 3.12. The molecule has 0 unspecified atom stereocenters. The van der Waals surface area contributed by atoms with Crippen molar-refractivity contribution in [3.63, 3.8) is 0 Å². The number of hydrogen-bond donors (Lipinski definition) is 1. The van der Waals surface area contributed by atoms with Crippen LogP contribution >= 0.6 is 11.3 Å². The Labute approximate surface area is 157 Å². The van der Waals surface area contributed by atoms with Crippen LogP contribution in [0, 0.1) is 0 Å². The maximum absolute atomic E-state index is 12.5. The van der Waals surface area contributed by atoms with Gasteiger partial charge in [-0.15, -0.1) is 10.2 Å². The van der Waals surface area contributed by atoms with Gasteiger partial charge in [-0.25, -0.2) is 4.79 Å². The van der Waals surface area contributed by atoms with Crippen LogP contribution in [-0.4, -0.2) is 48.4 Å². The average molecular weight is 376 g/mol. The minimum absolute atomic E-state index is 0.0670. The van der Waals surface area contributed by atoms with Gasteiger partial charge in [-0.2, -0.15) is 0 Å². The van der Waals surface area contributed by atoms with E-state index in [1.54, 1.807) is 14.2 Å². The third kappa shape index (κ3) is 4.07. The van der Waals surface area contributed by atoms with E-state index in [1.165, 1.54) is 11.3 Å². The molecule has 1 aromatic carbocycles. The van der Waals surface area contributed by atoms with Crippen LogP contribution in [-0.2, 0) is 13.0 Å². The summed E-state index contributed by atoms with van der Waals surface area (Å²) < 4.78 is 10.8. The highest BCUT2D eigenvalue weighted by molar-refractivity contribution is 7.11. The normalized spacial score (nSPS) is 16.6. The molecule has 1 aromatic heterocycles. The molecule has 0 spiro atoms. The second-order valence-corrected chi connectivity index (χ2v) is 7.29. The summed E-state index contributed by atoms with van der Waals surface area (Å²) in [5.41, 5.74) is 1.08. The van der Waals surface area contributed by atoms with Gasteiger partial charge in [0.2, 0.25) is 0 Å². The summed E-state index contributed by atoms with van der Waals surface area (Å²) in [4.78, 5) is 14.3. The first-order valence-corrected chi connectivity index (χ1v) is 9.52. The summed E-state index contributed by atoms with van der Waals surface area (Å²) in [6.07, 6.45) is 1.76. The minimum Gasteiger partial charge on any atom is -0.497 e. The number of nitrogens with zero attached hydrogens (tertiary/aromatic N) is 3. The second kappa shape index (κ2) is 8.35. The summed E-state index contributed by atoms with van der Waals surface area (Å²) in [5, 5.41) is 12.9. The summed E-state index contributed by atoms with van der Waals surface area (Å²) in [6.45, 7) is 3.83. The van der Waals surface area contributed by atoms with E-state index in [2.05, 4.69) is 15.5 Å². The first-order valence-electron chi connectivity index (χ1n) is 8.70. The van der Waals surface area contributed by atoms with E-state index in [-0.39, 0.29) is 11.9 Å². The maximum Gasteiger partial charge on any atom is 0.317 e. The second-order valence-electron chi connectivity index (χ2n) is 6.14. The van der Waals surface area contributed by atoms with Gasteiger partial charge in [0, 0.05) is 24.6 Å². The van der Waals surface area contributed by atoms with Crippen LogP contribution < -0.4 is 14.8 Å². The number of carbonyl (C=O) groups is 1. The number of benzene rings is 1. The fraction of sp³-hybridized carbons (Fsp3) is 0.500. The molecule has 0 saturated carbocycles. The Morgan fingerprint density at radius 2 is 2.12 bits per heavy atom. The first-order chi connectivity index (χ1) is 12.6. The van der Waals surface area contributed by atoms with Crippen molar-refractivity contribution >= 4 is 17.4 Å². The number of likely N-dealkylation sites (tertiary alicyclic amines) is 1. The monoisotopic (exact) mass is 376 g/mol. The Bertz CT molecular complexity index is 765. The molecule has 1 aliphatic rings. The molecule has 1 atom stereocenters. The van der Waals surface area contributed by atoms with Crippen molar-refractivity contribution < 1.29 is 14.3 Å². The predicted octanol–water partition coefficient (Wildman–Crippen LogP) is 2.82. The maximum atomic E-state index is 12.5. The smallest absolute Gasteiger partial charge is 0.317 e. The highest BCUT2D eigenvalue weighted by Gasteiger charge is 2.29. The number of ether oxygens (including phenoxy) is 2. The lowest BCUT2D eigenvalue weighted by atomic mass is 9.97. The molecule has 1 saturated heterocycles. The number of aromatic nitrogens is 2. The van der Waals surface area contributed by atoms with Crippen LogP contribution in [0.3, 0.4) is 0 Å². The number of carbonyl (C=O) groups excluding carboxylic acids is 1. The number of nitrogens with one attached hydrogen (secondary N) is 1. The molecule has 1 aliphatic heterocycles. The zero-order chi connectivity index (χ0) is 18.5. The molecule has 8 heteroatoms. The van der Waals surface area contributed by atoms with E-state index in [0.717, 1.165) is 39.9 Å². The summed E-state index contributed by atoms with van der Waals surface area (Å²) >= 11 is 1.54. The van der Waals surface area contributed by atoms with E-state index in [9.17, 15) is 4.79 Å². The van der Waals surface area contributed by atoms with Gasteiger partial charge in [-0.1, -0.05) is 18.3 Å². The number of hydrogen-bond acceptors (Lipinski definition) is 6. The topological polar surface area (TPSA) is 76.6 Å². The van der Waals surface area contributed by atoms with E-state index in [1.807, 2.05) is 30.0 Å². The lowest BCUT2D eigenvalue weighted by molar-refractivity contribution is 0.207. The molecule has 3 rings (SSSR count). The largest absolute Gasteiger partial charge is 0.497 e. The zero-order valence-electron chi connectivity index (χ0n) is 15.3. The molecule has 0 bridgehead atoms. The van der Waals surface area contributed by atoms with Crippen molar-refractivity contribution in [2.24, 2.45) is 0 Å². The average Bonchev–Trinajstić information content (AvgIpc) is 3.35. The van der Waals surface area contributed by atoms with Crippen molar-refractivity contribution in [1.82, 2.24) is 20.4 Å². The molecule has 2 amide bonds. The van der Waals surface area contributed by atoms with Gasteiger partial charge < -0.3 is 19.7 Å². The van der Waals surface area contributed by atoms with Gasteiger partial charge in [0.15, 0.2) is 0 Å². The van der Waals surface area contributed by atoms with Crippen LogP contribution in [0.5, 0.6) is 11.5 Å². The van der Waals surface area contributed by atoms with Crippen molar-refractivity contribution in [3.8, 4) is 11.5 Å². The molecule has 0 aliphatic carbocycles. The highest BCUT2D eigenvalue weighted by Crippen LogP contribution is 2.35. The molecule has 2 aromatic rings. The van der Waals surface area contributed by atoms with E-state index in [0.29, 0.717) is 19.6 Å². The third-order valence-electron chi connectivity index (χ3n) is 4.55. The van der Waals surface area contributed by atoms with Crippen molar-refractivity contribution in [2.45, 2.75) is 32.2 Å². The Balaban J connectivity index is 1.60. The number of aryl methyl sites for hydroxylation is 1. The van der Waals surface area contributed by atoms with E-state index in [4.69, 9.17) is 9.47 Å². The molecule has 1 fully saturated rings. The summed E-state index contributed by atoms with van der Waals surface area (Å²) in [5.74, 6) is 1.87. The standard InChI is InChI=1S/C18H24N4O3S/c1-4-16-20-21-17(26-16)10-19-18(23)22-8-7-12(11-22)14-9-13(24-2)5-6-15(14)25-3/h5-6,9,12H,4,7-8,10-11H2,1-3H3,(H,19,23)/t12-/m0/s1. The molecular weight excluding hydrogens is 352 g/mol. The zero-order valence-corrected chi connectivity index (χ0v) is 16.1. The van der Waals surface area contributed by atoms with E-state index >= 15 is 0 Å². The van der Waals surface area contributed by atoms with Gasteiger partial charge in [0.25, 0.3) is 0 Å². The van der Waals surface area contributed by atoms with Crippen LogP contribution in [0.15, 0.2) is 18.2 Å². The Morgan fingerprint density at radius 1 is 1.31 bits per heavy atom. The van der Waals surface area contributed by atoms with Crippen molar-refractivity contribution in [2.75, 3.05) is 27.3 Å². The van der Waals surface area contributed by atoms with Gasteiger partial charge in [0.1, 0.15) is 21.5 Å². The third-order valence-corrected chi connectivity index (χ3v) is 5.62. The van der Waals surface area contributed by atoms with Crippen molar-refractivity contribution in [1.29, 1.82) is 0 Å². The van der Waals surface area contributed by atoms with Crippen LogP contribution in [0.1, 0.15) is 34.8 Å². The molecular formula is C18H24N4O3S. The molecule has 0 radical (unpaired) electrons. The van der Waals surface area contributed by atoms with Gasteiger partial charge in [-0.3, -0.25) is 0 Å². The van der Waals surface area contributed by atoms with Crippen molar-refractivity contribution in [3.05, 3.63) is 33.8 Å². The first kappa shape index (κ1) is 18.4. The Morgan fingerprint density at radius 3 is 2.81 bits per heavy atom. The minimum atomic E-state index is -0.0670. The summed E-state index contributed by atoms with van der Waals surface area (Å²) in [7, 11) is 3.31. The van der Waals surface area contributed by atoms with Crippen LogP contribution in [0.25, 0.3) is 0 Å². The fourth-order valence-corrected chi connectivity index (χ4v) is 3.85. The molecule has 7 nitrogen and oxygen atoms in total. The SMILES string of the molecule is CCc1nnc(CNC(=O)N2CC[C@H](c3cc(OC)ccc3OC)C2)s1. The van der Waals surface area contributed by atoms with E-state index < -0.39 is 0 Å². The van der Waals surface area contributed by atoms with Crippen LogP contribution in [0.4, 0.5) is 4.79 Å².